The topological polar surface area (TPSA) is 48.1 Å². The Bertz CT molecular complexity index is 114. The number of hydrogen-bond acceptors (Lipinski definition) is 4. The lowest BCUT2D eigenvalue weighted by Gasteiger charge is -2.11. The summed E-state index contributed by atoms with van der Waals surface area (Å²) in [4.78, 5) is 0. The molecule has 0 heterocycles. The van der Waals surface area contributed by atoms with Crippen LogP contribution >= 0.6 is 0 Å². The first kappa shape index (κ1) is 19.2. The average molecular weight is 246 g/mol. The van der Waals surface area contributed by atoms with Crippen molar-refractivity contribution in [1.82, 2.24) is 21.3 Å². The van der Waals surface area contributed by atoms with Crippen LogP contribution in [-0.4, -0.2) is 51.9 Å². The molecule has 1 atom stereocenters. The summed E-state index contributed by atoms with van der Waals surface area (Å²) in [5.41, 5.74) is 0. The molecule has 106 valence electrons. The highest BCUT2D eigenvalue weighted by atomic mass is 15.0. The van der Waals surface area contributed by atoms with E-state index in [2.05, 4.69) is 55.9 Å². The SMILES string of the molecule is CCNCC(C)NCC.CCNCCNCC. The first-order valence-electron chi connectivity index (χ1n) is 7.08. The number of rotatable bonds is 10. The molecule has 4 N–H and O–H groups in total. The third-order valence-corrected chi connectivity index (χ3v) is 2.23. The van der Waals surface area contributed by atoms with Crippen LogP contribution < -0.4 is 21.3 Å². The minimum Gasteiger partial charge on any atom is -0.316 e. The highest BCUT2D eigenvalue weighted by Crippen LogP contribution is 1.75. The first-order chi connectivity index (χ1) is 8.22. The molecule has 0 spiro atoms. The summed E-state index contributed by atoms with van der Waals surface area (Å²) in [6, 6.07) is 0.606. The quantitative estimate of drug-likeness (QED) is 0.431. The van der Waals surface area contributed by atoms with Gasteiger partial charge < -0.3 is 21.3 Å². The molecule has 0 bridgehead atoms. The van der Waals surface area contributed by atoms with E-state index in [4.69, 9.17) is 0 Å². The highest BCUT2D eigenvalue weighted by molar-refractivity contribution is 4.60. The van der Waals surface area contributed by atoms with Crippen molar-refractivity contribution >= 4 is 0 Å². The van der Waals surface area contributed by atoms with Crippen molar-refractivity contribution in [2.45, 2.75) is 40.7 Å². The van der Waals surface area contributed by atoms with E-state index < -0.39 is 0 Å². The maximum absolute atomic E-state index is 3.32. The van der Waals surface area contributed by atoms with Gasteiger partial charge in [-0.1, -0.05) is 27.7 Å². The van der Waals surface area contributed by atoms with E-state index in [0.29, 0.717) is 6.04 Å². The molecule has 0 amide bonds. The third kappa shape index (κ3) is 21.6. The second-order valence-electron chi connectivity index (χ2n) is 3.97. The monoisotopic (exact) mass is 246 g/mol. The Morgan fingerprint density at radius 2 is 1.18 bits per heavy atom. The van der Waals surface area contributed by atoms with Crippen molar-refractivity contribution in [3.8, 4) is 0 Å². The lowest BCUT2D eigenvalue weighted by Crippen LogP contribution is -2.35. The Morgan fingerprint density at radius 1 is 0.706 bits per heavy atom. The van der Waals surface area contributed by atoms with Gasteiger partial charge in [0.2, 0.25) is 0 Å². The van der Waals surface area contributed by atoms with Gasteiger partial charge >= 0.3 is 0 Å². The van der Waals surface area contributed by atoms with Gasteiger partial charge in [-0.05, 0) is 33.1 Å². The Hall–Kier alpha value is -0.160. The Labute approximate surface area is 108 Å². The largest absolute Gasteiger partial charge is 0.316 e. The van der Waals surface area contributed by atoms with Crippen LogP contribution in [0, 0.1) is 0 Å². The average Bonchev–Trinajstić information content (AvgIpc) is 2.33. The third-order valence-electron chi connectivity index (χ3n) is 2.23. The molecule has 0 aromatic rings. The van der Waals surface area contributed by atoms with Crippen molar-refractivity contribution in [2.24, 2.45) is 0 Å². The van der Waals surface area contributed by atoms with E-state index in [9.17, 15) is 0 Å². The van der Waals surface area contributed by atoms with Crippen molar-refractivity contribution in [1.29, 1.82) is 0 Å². The molecule has 0 fully saturated rings. The van der Waals surface area contributed by atoms with Crippen LogP contribution in [0.1, 0.15) is 34.6 Å². The van der Waals surface area contributed by atoms with Crippen molar-refractivity contribution in [3.05, 3.63) is 0 Å². The summed E-state index contributed by atoms with van der Waals surface area (Å²) in [5, 5.41) is 13.0. The molecule has 0 aliphatic heterocycles. The minimum absolute atomic E-state index is 0.606. The van der Waals surface area contributed by atoms with Crippen molar-refractivity contribution < 1.29 is 0 Å². The molecule has 0 aromatic heterocycles. The van der Waals surface area contributed by atoms with Gasteiger partial charge in [0, 0.05) is 25.7 Å². The molecule has 4 nitrogen and oxygen atoms in total. The molecule has 17 heavy (non-hydrogen) atoms. The molecule has 0 aromatic carbocycles. The predicted octanol–water partition coefficient (Wildman–Crippen LogP) is 0.799. The number of hydrogen-bond donors (Lipinski definition) is 4. The zero-order valence-corrected chi connectivity index (χ0v) is 12.5. The van der Waals surface area contributed by atoms with Gasteiger partial charge in [-0.15, -0.1) is 0 Å². The summed E-state index contributed by atoms with van der Waals surface area (Å²) in [6.07, 6.45) is 0. The van der Waals surface area contributed by atoms with E-state index in [1.165, 1.54) is 0 Å². The van der Waals surface area contributed by atoms with Crippen molar-refractivity contribution in [3.63, 3.8) is 0 Å². The second kappa shape index (κ2) is 18.2. The smallest absolute Gasteiger partial charge is 0.0164 e. The number of nitrogens with one attached hydrogen (secondary N) is 4. The van der Waals surface area contributed by atoms with Crippen LogP contribution in [0.5, 0.6) is 0 Å². The van der Waals surface area contributed by atoms with E-state index >= 15 is 0 Å². The van der Waals surface area contributed by atoms with E-state index in [1.807, 2.05) is 0 Å². The molecule has 0 aliphatic rings. The molecule has 0 saturated heterocycles. The maximum atomic E-state index is 3.32. The van der Waals surface area contributed by atoms with E-state index in [1.54, 1.807) is 0 Å². The van der Waals surface area contributed by atoms with Gasteiger partial charge in [-0.25, -0.2) is 0 Å². The lowest BCUT2D eigenvalue weighted by molar-refractivity contribution is 0.523. The normalized spacial score (nSPS) is 11.8. The molecule has 0 rings (SSSR count). The Kier molecular flexibility index (Phi) is 20.6. The fourth-order valence-electron chi connectivity index (χ4n) is 1.31. The zero-order valence-electron chi connectivity index (χ0n) is 12.5. The first-order valence-corrected chi connectivity index (χ1v) is 7.08. The number of likely N-dealkylation sites (N-methyl/N-ethyl adjacent to an activating group) is 4. The second-order valence-corrected chi connectivity index (χ2v) is 3.97. The van der Waals surface area contributed by atoms with Crippen LogP contribution in [0.25, 0.3) is 0 Å². The fraction of sp³-hybridized carbons (Fsp3) is 1.00. The summed E-state index contributed by atoms with van der Waals surface area (Å²) in [7, 11) is 0. The van der Waals surface area contributed by atoms with Crippen LogP contribution in [0.3, 0.4) is 0 Å². The highest BCUT2D eigenvalue weighted by Gasteiger charge is 1.94. The minimum atomic E-state index is 0.606. The van der Waals surface area contributed by atoms with Crippen LogP contribution in [0.15, 0.2) is 0 Å². The van der Waals surface area contributed by atoms with Gasteiger partial charge in [-0.2, -0.15) is 0 Å². The van der Waals surface area contributed by atoms with Gasteiger partial charge in [-0.3, -0.25) is 0 Å². The Balaban J connectivity index is 0. The molecular formula is C13H34N4. The van der Waals surface area contributed by atoms with Gasteiger partial charge in [0.15, 0.2) is 0 Å². The van der Waals surface area contributed by atoms with Gasteiger partial charge in [0.05, 0.1) is 0 Å². The summed E-state index contributed by atoms with van der Waals surface area (Å²) in [6.45, 7) is 18.2. The van der Waals surface area contributed by atoms with Gasteiger partial charge in [0.1, 0.15) is 0 Å². The zero-order chi connectivity index (χ0) is 13.4. The lowest BCUT2D eigenvalue weighted by atomic mass is 10.3. The standard InChI is InChI=1S/C7H18N2.C6H16N2/c1-4-8-6-7(3)9-5-2;1-3-7-5-6-8-4-2/h7-9H,4-6H2,1-3H3;7-8H,3-6H2,1-2H3. The molecule has 0 radical (unpaired) electrons. The Morgan fingerprint density at radius 3 is 1.53 bits per heavy atom. The summed E-state index contributed by atoms with van der Waals surface area (Å²) in [5.74, 6) is 0. The van der Waals surface area contributed by atoms with Gasteiger partial charge in [0.25, 0.3) is 0 Å². The molecule has 4 heteroatoms. The molecular weight excluding hydrogens is 212 g/mol. The molecule has 1 unspecified atom stereocenters. The van der Waals surface area contributed by atoms with E-state index in [-0.39, 0.29) is 0 Å². The molecule has 0 saturated carbocycles. The van der Waals surface area contributed by atoms with E-state index in [0.717, 1.165) is 45.8 Å². The van der Waals surface area contributed by atoms with Crippen molar-refractivity contribution in [2.75, 3.05) is 45.8 Å². The van der Waals surface area contributed by atoms with Crippen LogP contribution in [0.2, 0.25) is 0 Å². The predicted molar refractivity (Wildman–Crippen MR) is 78.8 cm³/mol. The summed E-state index contributed by atoms with van der Waals surface area (Å²) >= 11 is 0. The summed E-state index contributed by atoms with van der Waals surface area (Å²) < 4.78 is 0. The van der Waals surface area contributed by atoms with Crippen LogP contribution in [0.4, 0.5) is 0 Å². The fourth-order valence-corrected chi connectivity index (χ4v) is 1.31. The maximum Gasteiger partial charge on any atom is 0.0164 e. The van der Waals surface area contributed by atoms with Crippen LogP contribution in [-0.2, 0) is 0 Å². The molecule has 0 aliphatic carbocycles.